The Bertz CT molecular complexity index is 751. The number of imidazole rings is 1. The van der Waals surface area contributed by atoms with Crippen LogP contribution in [0.1, 0.15) is 5.56 Å². The average Bonchev–Trinajstić information content (AvgIpc) is 2.88. The summed E-state index contributed by atoms with van der Waals surface area (Å²) < 4.78 is 0. The highest BCUT2D eigenvalue weighted by atomic mass is 32.2. The van der Waals surface area contributed by atoms with Gasteiger partial charge in [-0.1, -0.05) is 11.8 Å². The largest absolute Gasteiger partial charge is 0.384 e. The van der Waals surface area contributed by atoms with Crippen LogP contribution in [0, 0.1) is 5.41 Å². The van der Waals surface area contributed by atoms with Crippen molar-refractivity contribution in [2.75, 3.05) is 0 Å². The molecule has 0 radical (unpaired) electrons. The molecule has 3 aromatic rings. The topological polar surface area (TPSA) is 117 Å². The first-order valence-electron chi connectivity index (χ1n) is 5.36. The molecule has 94 valence electrons. The average molecular weight is 271 g/mol. The molecular formula is C11H9N7S. The van der Waals surface area contributed by atoms with Crippen LogP contribution in [0.5, 0.6) is 0 Å². The van der Waals surface area contributed by atoms with E-state index in [9.17, 15) is 0 Å². The third-order valence-electron chi connectivity index (χ3n) is 2.47. The van der Waals surface area contributed by atoms with Crippen molar-refractivity contribution in [3.8, 4) is 0 Å². The Morgan fingerprint density at radius 3 is 3.05 bits per heavy atom. The molecule has 0 aliphatic rings. The predicted molar refractivity (Wildman–Crippen MR) is 71.1 cm³/mol. The lowest BCUT2D eigenvalue weighted by Gasteiger charge is -2.06. The highest BCUT2D eigenvalue weighted by molar-refractivity contribution is 7.99. The molecule has 0 aliphatic carbocycles. The number of pyridine rings is 1. The second kappa shape index (κ2) is 4.65. The number of rotatable bonds is 3. The first-order chi connectivity index (χ1) is 9.25. The van der Waals surface area contributed by atoms with Crippen LogP contribution in [0.25, 0.3) is 11.2 Å². The molecule has 0 saturated carbocycles. The first kappa shape index (κ1) is 11.6. The molecule has 3 aromatic heterocycles. The molecule has 4 N–H and O–H groups in total. The zero-order valence-electron chi connectivity index (χ0n) is 9.66. The number of hydrogen-bond donors (Lipinski definition) is 3. The third-order valence-corrected chi connectivity index (χ3v) is 3.52. The van der Waals surface area contributed by atoms with Gasteiger partial charge in [-0.25, -0.2) is 15.0 Å². The van der Waals surface area contributed by atoms with Crippen molar-refractivity contribution in [3.63, 3.8) is 0 Å². The number of nitrogen functional groups attached to an aromatic ring is 1. The SMILES string of the molecule is N=C(N)c1ccncc1Sc1ncnc2nc[nH]c12. The molecule has 0 bridgehead atoms. The van der Waals surface area contributed by atoms with E-state index in [1.54, 1.807) is 24.8 Å². The van der Waals surface area contributed by atoms with Gasteiger partial charge in [0.25, 0.3) is 0 Å². The summed E-state index contributed by atoms with van der Waals surface area (Å²) >= 11 is 1.37. The van der Waals surface area contributed by atoms with E-state index in [-0.39, 0.29) is 5.84 Å². The van der Waals surface area contributed by atoms with Crippen LogP contribution in [-0.2, 0) is 0 Å². The van der Waals surface area contributed by atoms with Crippen molar-refractivity contribution in [1.82, 2.24) is 24.9 Å². The molecule has 3 heterocycles. The molecule has 8 heteroatoms. The third kappa shape index (κ3) is 2.13. The fraction of sp³-hybridized carbons (Fsp3) is 0. The number of nitrogens with two attached hydrogens (primary N) is 1. The summed E-state index contributed by atoms with van der Waals surface area (Å²) in [6.07, 6.45) is 6.28. The van der Waals surface area contributed by atoms with Crippen LogP contribution in [0.4, 0.5) is 0 Å². The van der Waals surface area contributed by atoms with E-state index in [0.717, 1.165) is 15.4 Å². The lowest BCUT2D eigenvalue weighted by atomic mass is 10.2. The number of H-pyrrole nitrogens is 1. The minimum absolute atomic E-state index is 0.000175. The van der Waals surface area contributed by atoms with E-state index < -0.39 is 0 Å². The van der Waals surface area contributed by atoms with Gasteiger partial charge in [0.2, 0.25) is 0 Å². The number of nitrogens with one attached hydrogen (secondary N) is 2. The monoisotopic (exact) mass is 271 g/mol. The van der Waals surface area contributed by atoms with Crippen molar-refractivity contribution in [1.29, 1.82) is 5.41 Å². The minimum atomic E-state index is -0.000175. The van der Waals surface area contributed by atoms with Gasteiger partial charge in [0, 0.05) is 22.9 Å². The number of hydrogen-bond acceptors (Lipinski definition) is 6. The van der Waals surface area contributed by atoms with E-state index in [1.807, 2.05) is 0 Å². The minimum Gasteiger partial charge on any atom is -0.384 e. The molecule has 0 amide bonds. The molecule has 19 heavy (non-hydrogen) atoms. The highest BCUT2D eigenvalue weighted by Gasteiger charge is 2.11. The molecule has 7 nitrogen and oxygen atoms in total. The summed E-state index contributed by atoms with van der Waals surface area (Å²) in [6.45, 7) is 0. The summed E-state index contributed by atoms with van der Waals surface area (Å²) in [7, 11) is 0. The van der Waals surface area contributed by atoms with Crippen molar-refractivity contribution in [2.45, 2.75) is 9.92 Å². The van der Waals surface area contributed by atoms with E-state index in [2.05, 4.69) is 24.9 Å². The van der Waals surface area contributed by atoms with E-state index in [1.165, 1.54) is 18.1 Å². The Kier molecular flexibility index (Phi) is 2.84. The fourth-order valence-corrected chi connectivity index (χ4v) is 2.57. The first-order valence-corrected chi connectivity index (χ1v) is 6.17. The van der Waals surface area contributed by atoms with Gasteiger partial charge in [0.15, 0.2) is 5.65 Å². The number of fused-ring (bicyclic) bond motifs is 1. The molecule has 0 aliphatic heterocycles. The molecule has 0 saturated heterocycles. The van der Waals surface area contributed by atoms with Gasteiger partial charge in [-0.15, -0.1) is 0 Å². The second-order valence-electron chi connectivity index (χ2n) is 3.67. The zero-order chi connectivity index (χ0) is 13.2. The van der Waals surface area contributed by atoms with Crippen LogP contribution >= 0.6 is 11.8 Å². The van der Waals surface area contributed by atoms with Crippen molar-refractivity contribution in [3.05, 3.63) is 36.7 Å². The van der Waals surface area contributed by atoms with Gasteiger partial charge in [-0.3, -0.25) is 10.4 Å². The normalized spacial score (nSPS) is 10.7. The summed E-state index contributed by atoms with van der Waals surface area (Å²) in [6, 6.07) is 1.70. The quantitative estimate of drug-likeness (QED) is 0.374. The summed E-state index contributed by atoms with van der Waals surface area (Å²) in [5.41, 5.74) is 7.54. The van der Waals surface area contributed by atoms with E-state index >= 15 is 0 Å². The summed E-state index contributed by atoms with van der Waals surface area (Å²) in [5.74, 6) is -0.000175. The number of nitrogens with zero attached hydrogens (tertiary/aromatic N) is 4. The standard InChI is InChI=1S/C11H9N7S/c12-9(13)6-1-2-14-3-7(6)19-11-8-10(16-4-15-8)17-5-18-11/h1-5H,(H3,12,13)(H,15,16,17,18). The Balaban J connectivity index is 2.06. The molecule has 0 aromatic carbocycles. The Hall–Kier alpha value is -2.48. The van der Waals surface area contributed by atoms with Gasteiger partial charge in [-0.05, 0) is 6.07 Å². The van der Waals surface area contributed by atoms with Crippen LogP contribution in [-0.4, -0.2) is 30.8 Å². The van der Waals surface area contributed by atoms with Gasteiger partial charge >= 0.3 is 0 Å². The molecule has 0 fully saturated rings. The molecule has 3 rings (SSSR count). The summed E-state index contributed by atoms with van der Waals surface area (Å²) in [4.78, 5) is 20.2. The van der Waals surface area contributed by atoms with Crippen LogP contribution in [0.3, 0.4) is 0 Å². The zero-order valence-corrected chi connectivity index (χ0v) is 10.5. The second-order valence-corrected chi connectivity index (χ2v) is 4.70. The van der Waals surface area contributed by atoms with E-state index in [4.69, 9.17) is 11.1 Å². The number of aromatic nitrogens is 5. The molecule has 0 unspecified atom stereocenters. The van der Waals surface area contributed by atoms with Crippen molar-refractivity contribution in [2.24, 2.45) is 5.73 Å². The summed E-state index contributed by atoms with van der Waals surface area (Å²) in [5, 5.41) is 8.28. The van der Waals surface area contributed by atoms with Crippen LogP contribution < -0.4 is 5.73 Å². The maximum absolute atomic E-state index is 7.56. The van der Waals surface area contributed by atoms with Crippen molar-refractivity contribution >= 4 is 28.8 Å². The predicted octanol–water partition coefficient (Wildman–Crippen LogP) is 1.18. The molecule has 0 spiro atoms. The molecular weight excluding hydrogens is 262 g/mol. The maximum Gasteiger partial charge on any atom is 0.181 e. The Morgan fingerprint density at radius 1 is 1.32 bits per heavy atom. The Morgan fingerprint density at radius 2 is 2.21 bits per heavy atom. The van der Waals surface area contributed by atoms with Crippen molar-refractivity contribution < 1.29 is 0 Å². The lowest BCUT2D eigenvalue weighted by Crippen LogP contribution is -2.12. The smallest absolute Gasteiger partial charge is 0.181 e. The van der Waals surface area contributed by atoms with Gasteiger partial charge in [-0.2, -0.15) is 0 Å². The van der Waals surface area contributed by atoms with Gasteiger partial charge < -0.3 is 10.7 Å². The van der Waals surface area contributed by atoms with Gasteiger partial charge in [0.05, 0.1) is 6.33 Å². The molecule has 0 atom stereocenters. The maximum atomic E-state index is 7.56. The number of aromatic amines is 1. The van der Waals surface area contributed by atoms with E-state index in [0.29, 0.717) is 11.2 Å². The highest BCUT2D eigenvalue weighted by Crippen LogP contribution is 2.31. The number of amidine groups is 1. The van der Waals surface area contributed by atoms with Gasteiger partial charge in [0.1, 0.15) is 22.7 Å². The lowest BCUT2D eigenvalue weighted by molar-refractivity contribution is 1.08. The van der Waals surface area contributed by atoms with Crippen LogP contribution in [0.15, 0.2) is 41.0 Å². The fourth-order valence-electron chi connectivity index (χ4n) is 1.61. The Labute approximate surface area is 112 Å². The van der Waals surface area contributed by atoms with Crippen LogP contribution in [0.2, 0.25) is 0 Å².